The van der Waals surface area contributed by atoms with Gasteiger partial charge in [0, 0.05) is 35.8 Å². The Hall–Kier alpha value is -2.41. The standard InChI is InChI=1S/C21H27N3O4/c25-19(26)12-24(11-13-4-5-13)18-9-17(10-18)23-21(28)15-2-1-3-16(8-15)22-20(27)14-6-7-14/h1-3,8,13-14,17-18H,4-7,9-12H2,(H,22,27)(H,23,28)(H,25,26). The Labute approximate surface area is 164 Å². The molecule has 1 aromatic rings. The molecule has 3 aliphatic carbocycles. The summed E-state index contributed by atoms with van der Waals surface area (Å²) in [5.41, 5.74) is 1.17. The van der Waals surface area contributed by atoms with Crippen LogP contribution in [-0.2, 0) is 9.59 Å². The maximum absolute atomic E-state index is 12.5. The molecule has 0 heterocycles. The number of carboxylic acid groups (broad SMARTS) is 1. The molecule has 28 heavy (non-hydrogen) atoms. The van der Waals surface area contributed by atoms with E-state index in [1.54, 1.807) is 24.3 Å². The van der Waals surface area contributed by atoms with E-state index in [2.05, 4.69) is 15.5 Å². The second kappa shape index (κ2) is 7.91. The van der Waals surface area contributed by atoms with Crippen molar-refractivity contribution >= 4 is 23.5 Å². The summed E-state index contributed by atoms with van der Waals surface area (Å²) in [6.45, 7) is 0.922. The summed E-state index contributed by atoms with van der Waals surface area (Å²) < 4.78 is 0. The minimum absolute atomic E-state index is 0.0218. The Morgan fingerprint density at radius 2 is 1.86 bits per heavy atom. The van der Waals surface area contributed by atoms with Gasteiger partial charge in [0.15, 0.2) is 0 Å². The Bertz CT molecular complexity index is 767. The van der Waals surface area contributed by atoms with Crippen LogP contribution in [0.4, 0.5) is 5.69 Å². The first-order valence-corrected chi connectivity index (χ1v) is 10.2. The van der Waals surface area contributed by atoms with Crippen molar-refractivity contribution in [1.29, 1.82) is 0 Å². The molecule has 7 nitrogen and oxygen atoms in total. The number of amides is 2. The number of anilines is 1. The van der Waals surface area contributed by atoms with Gasteiger partial charge in [-0.1, -0.05) is 6.07 Å². The molecule has 4 rings (SSSR count). The fourth-order valence-corrected chi connectivity index (χ4v) is 3.75. The van der Waals surface area contributed by atoms with Crippen molar-refractivity contribution in [1.82, 2.24) is 10.2 Å². The fraction of sp³-hybridized carbons (Fsp3) is 0.571. The van der Waals surface area contributed by atoms with E-state index in [0.717, 1.165) is 32.2 Å². The van der Waals surface area contributed by atoms with Crippen molar-refractivity contribution in [3.05, 3.63) is 29.8 Å². The molecule has 1 aromatic carbocycles. The third-order valence-corrected chi connectivity index (χ3v) is 5.83. The highest BCUT2D eigenvalue weighted by Crippen LogP contribution is 2.34. The van der Waals surface area contributed by atoms with Crippen LogP contribution in [0.1, 0.15) is 48.9 Å². The van der Waals surface area contributed by atoms with Gasteiger partial charge < -0.3 is 15.7 Å². The Balaban J connectivity index is 1.27. The lowest BCUT2D eigenvalue weighted by atomic mass is 9.85. The van der Waals surface area contributed by atoms with Gasteiger partial charge in [-0.2, -0.15) is 0 Å². The quantitative estimate of drug-likeness (QED) is 0.605. The van der Waals surface area contributed by atoms with Crippen molar-refractivity contribution in [2.45, 2.75) is 50.6 Å². The van der Waals surface area contributed by atoms with E-state index in [9.17, 15) is 14.4 Å². The van der Waals surface area contributed by atoms with Crippen molar-refractivity contribution in [3.8, 4) is 0 Å². The Kier molecular flexibility index (Phi) is 5.35. The second-order valence-corrected chi connectivity index (χ2v) is 8.41. The summed E-state index contributed by atoms with van der Waals surface area (Å²) in [4.78, 5) is 37.6. The number of benzene rings is 1. The van der Waals surface area contributed by atoms with Crippen LogP contribution >= 0.6 is 0 Å². The number of hydrogen-bond acceptors (Lipinski definition) is 4. The number of carboxylic acids is 1. The molecule has 150 valence electrons. The number of hydrogen-bond donors (Lipinski definition) is 3. The van der Waals surface area contributed by atoms with Crippen LogP contribution in [-0.4, -0.2) is 53.0 Å². The van der Waals surface area contributed by atoms with Gasteiger partial charge in [0.1, 0.15) is 0 Å². The number of aliphatic carboxylic acids is 1. The van der Waals surface area contributed by atoms with E-state index >= 15 is 0 Å². The SMILES string of the molecule is O=C(O)CN(CC1CC1)C1CC(NC(=O)c2cccc(NC(=O)C3CC3)c2)C1. The van der Waals surface area contributed by atoms with Crippen LogP contribution in [0.25, 0.3) is 0 Å². The zero-order valence-electron chi connectivity index (χ0n) is 15.9. The third-order valence-electron chi connectivity index (χ3n) is 5.83. The van der Waals surface area contributed by atoms with E-state index in [-0.39, 0.29) is 36.4 Å². The molecule has 3 fully saturated rings. The Morgan fingerprint density at radius 1 is 1.11 bits per heavy atom. The monoisotopic (exact) mass is 385 g/mol. The molecule has 0 saturated heterocycles. The van der Waals surface area contributed by atoms with E-state index in [1.165, 1.54) is 12.8 Å². The minimum Gasteiger partial charge on any atom is -0.480 e. The number of rotatable bonds is 9. The lowest BCUT2D eigenvalue weighted by Gasteiger charge is -2.42. The zero-order valence-corrected chi connectivity index (χ0v) is 15.9. The molecular weight excluding hydrogens is 358 g/mol. The van der Waals surface area contributed by atoms with E-state index in [4.69, 9.17) is 5.11 Å². The molecule has 0 atom stereocenters. The second-order valence-electron chi connectivity index (χ2n) is 8.41. The number of carbonyl (C=O) groups is 3. The lowest BCUT2D eigenvalue weighted by Crippen LogP contribution is -2.55. The maximum Gasteiger partial charge on any atom is 0.317 e. The van der Waals surface area contributed by atoms with Gasteiger partial charge in [-0.05, 0) is 62.6 Å². The molecule has 3 saturated carbocycles. The highest BCUT2D eigenvalue weighted by molar-refractivity contribution is 5.98. The summed E-state index contributed by atoms with van der Waals surface area (Å²) in [6, 6.07) is 7.30. The molecule has 7 heteroatoms. The summed E-state index contributed by atoms with van der Waals surface area (Å²) in [5, 5.41) is 15.0. The molecule has 0 radical (unpaired) electrons. The van der Waals surface area contributed by atoms with E-state index in [1.807, 2.05) is 0 Å². The number of nitrogens with one attached hydrogen (secondary N) is 2. The largest absolute Gasteiger partial charge is 0.480 e. The first-order valence-electron chi connectivity index (χ1n) is 10.2. The van der Waals surface area contributed by atoms with Gasteiger partial charge >= 0.3 is 5.97 Å². The van der Waals surface area contributed by atoms with Crippen LogP contribution in [0.3, 0.4) is 0 Å². The van der Waals surface area contributed by atoms with Crippen LogP contribution in [0.5, 0.6) is 0 Å². The van der Waals surface area contributed by atoms with Crippen LogP contribution in [0.15, 0.2) is 24.3 Å². The van der Waals surface area contributed by atoms with Crippen molar-refractivity contribution < 1.29 is 19.5 Å². The van der Waals surface area contributed by atoms with Crippen LogP contribution in [0.2, 0.25) is 0 Å². The third kappa shape index (κ3) is 4.90. The first-order chi connectivity index (χ1) is 13.5. The summed E-state index contributed by atoms with van der Waals surface area (Å²) >= 11 is 0. The number of nitrogens with zero attached hydrogens (tertiary/aromatic N) is 1. The fourth-order valence-electron chi connectivity index (χ4n) is 3.75. The zero-order chi connectivity index (χ0) is 19.7. The predicted molar refractivity (Wildman–Crippen MR) is 104 cm³/mol. The molecule has 0 aromatic heterocycles. The number of carbonyl (C=O) groups excluding carboxylic acids is 2. The normalized spacial score (nSPS) is 23.8. The highest BCUT2D eigenvalue weighted by Gasteiger charge is 2.37. The highest BCUT2D eigenvalue weighted by atomic mass is 16.4. The average Bonchev–Trinajstić information content (AvgIpc) is 3.50. The lowest BCUT2D eigenvalue weighted by molar-refractivity contribution is -0.139. The summed E-state index contributed by atoms with van der Waals surface area (Å²) in [5.74, 6) is -0.167. The van der Waals surface area contributed by atoms with Gasteiger partial charge in [-0.15, -0.1) is 0 Å². The van der Waals surface area contributed by atoms with Gasteiger partial charge in [0.2, 0.25) is 5.91 Å². The molecule has 3 N–H and O–H groups in total. The topological polar surface area (TPSA) is 98.7 Å². The predicted octanol–water partition coefficient (Wildman–Crippen LogP) is 2.09. The Morgan fingerprint density at radius 3 is 2.50 bits per heavy atom. The molecule has 0 aliphatic heterocycles. The molecular formula is C21H27N3O4. The summed E-state index contributed by atoms with van der Waals surface area (Å²) in [6.07, 6.45) is 5.82. The minimum atomic E-state index is -0.793. The van der Waals surface area contributed by atoms with Crippen molar-refractivity contribution in [2.75, 3.05) is 18.4 Å². The molecule has 0 spiro atoms. The van der Waals surface area contributed by atoms with Crippen molar-refractivity contribution in [2.24, 2.45) is 11.8 Å². The molecule has 3 aliphatic rings. The average molecular weight is 385 g/mol. The smallest absolute Gasteiger partial charge is 0.317 e. The molecule has 0 unspecified atom stereocenters. The van der Waals surface area contributed by atoms with E-state index < -0.39 is 5.97 Å². The molecule has 0 bridgehead atoms. The van der Waals surface area contributed by atoms with E-state index in [0.29, 0.717) is 17.2 Å². The maximum atomic E-state index is 12.5. The van der Waals surface area contributed by atoms with Gasteiger partial charge in [-0.3, -0.25) is 19.3 Å². The molecule has 2 amide bonds. The summed E-state index contributed by atoms with van der Waals surface area (Å²) in [7, 11) is 0. The van der Waals surface area contributed by atoms with Crippen molar-refractivity contribution in [3.63, 3.8) is 0 Å². The van der Waals surface area contributed by atoms with Gasteiger partial charge in [0.05, 0.1) is 6.54 Å². The van der Waals surface area contributed by atoms with Crippen LogP contribution in [0, 0.1) is 11.8 Å². The van der Waals surface area contributed by atoms with Gasteiger partial charge in [-0.25, -0.2) is 0 Å². The van der Waals surface area contributed by atoms with Crippen LogP contribution < -0.4 is 10.6 Å². The van der Waals surface area contributed by atoms with Gasteiger partial charge in [0.25, 0.3) is 5.91 Å². The first kappa shape index (κ1) is 18.9.